The summed E-state index contributed by atoms with van der Waals surface area (Å²) in [5.41, 5.74) is 6.23. The Morgan fingerprint density at radius 3 is 2.74 bits per heavy atom. The van der Waals surface area contributed by atoms with Gasteiger partial charge >= 0.3 is 0 Å². The first-order valence-electron chi connectivity index (χ1n) is 8.47. The van der Waals surface area contributed by atoms with Gasteiger partial charge in [-0.25, -0.2) is 4.98 Å². The zero-order valence-corrected chi connectivity index (χ0v) is 15.0. The lowest BCUT2D eigenvalue weighted by Gasteiger charge is -2.19. The second-order valence-electron chi connectivity index (χ2n) is 6.57. The Labute approximate surface area is 157 Å². The Bertz CT molecular complexity index is 1000. The van der Waals surface area contributed by atoms with E-state index in [1.165, 1.54) is 11.3 Å². The minimum atomic E-state index is -1.10. The molecule has 1 fully saturated rings. The number of aromatic amines is 1. The van der Waals surface area contributed by atoms with Crippen LogP contribution in [0.3, 0.4) is 0 Å². The van der Waals surface area contributed by atoms with E-state index in [4.69, 9.17) is 5.73 Å². The highest BCUT2D eigenvalue weighted by Crippen LogP contribution is 2.34. The summed E-state index contributed by atoms with van der Waals surface area (Å²) in [7, 11) is 0. The summed E-state index contributed by atoms with van der Waals surface area (Å²) < 4.78 is 0.923. The van der Waals surface area contributed by atoms with Crippen LogP contribution in [0, 0.1) is 5.92 Å². The molecular weight excluding hydrogens is 370 g/mol. The third-order valence-corrected chi connectivity index (χ3v) is 5.86. The van der Waals surface area contributed by atoms with E-state index < -0.39 is 29.7 Å². The first-order chi connectivity index (χ1) is 13.0. The molecule has 3 aromatic rings. The van der Waals surface area contributed by atoms with Crippen molar-refractivity contribution in [3.8, 4) is 10.6 Å². The minimum Gasteiger partial charge on any atom is -0.396 e. The smallest absolute Gasteiger partial charge is 0.264 e. The number of nitrogens with one attached hydrogen (secondary N) is 2. The van der Waals surface area contributed by atoms with E-state index in [1.807, 2.05) is 24.3 Å². The first kappa shape index (κ1) is 17.9. The number of nitrogens with zero attached hydrogens (tertiary/aromatic N) is 2. The van der Waals surface area contributed by atoms with Gasteiger partial charge in [-0.3, -0.25) is 9.78 Å². The van der Waals surface area contributed by atoms with Gasteiger partial charge in [0.05, 0.1) is 22.4 Å². The molecule has 0 saturated heterocycles. The predicted molar refractivity (Wildman–Crippen MR) is 103 cm³/mol. The molecule has 4 unspecified atom stereocenters. The van der Waals surface area contributed by atoms with Gasteiger partial charge in [-0.2, -0.15) is 4.98 Å². The lowest BCUT2D eigenvalue weighted by molar-refractivity contribution is 0.00446. The fourth-order valence-corrected chi connectivity index (χ4v) is 4.41. The lowest BCUT2D eigenvalue weighted by atomic mass is 10.1. The van der Waals surface area contributed by atoms with Crippen LogP contribution in [0.1, 0.15) is 6.42 Å². The third kappa shape index (κ3) is 3.16. The van der Waals surface area contributed by atoms with Gasteiger partial charge in [0.15, 0.2) is 0 Å². The zero-order chi connectivity index (χ0) is 19.1. The fourth-order valence-electron chi connectivity index (χ4n) is 3.40. The largest absolute Gasteiger partial charge is 0.396 e. The van der Waals surface area contributed by atoms with Crippen molar-refractivity contribution in [2.45, 2.75) is 24.7 Å². The molecule has 10 heteroatoms. The number of aliphatic hydroxyl groups excluding tert-OH is 3. The fraction of sp³-hybridized carbons (Fsp3) is 0.353. The van der Waals surface area contributed by atoms with Gasteiger partial charge < -0.3 is 26.4 Å². The van der Waals surface area contributed by atoms with E-state index in [1.54, 1.807) is 0 Å². The van der Waals surface area contributed by atoms with Gasteiger partial charge in [-0.1, -0.05) is 12.1 Å². The summed E-state index contributed by atoms with van der Waals surface area (Å²) in [6, 6.07) is 6.93. The number of aromatic nitrogens is 3. The molecule has 2 aromatic heterocycles. The van der Waals surface area contributed by atoms with Crippen LogP contribution in [0.2, 0.25) is 0 Å². The molecule has 142 valence electrons. The molecule has 1 aliphatic rings. The second kappa shape index (κ2) is 6.89. The van der Waals surface area contributed by atoms with Crippen molar-refractivity contribution in [3.63, 3.8) is 0 Å². The molecule has 0 spiro atoms. The van der Waals surface area contributed by atoms with Crippen molar-refractivity contribution in [2.24, 2.45) is 5.92 Å². The number of anilines is 2. The van der Waals surface area contributed by atoms with Crippen molar-refractivity contribution >= 4 is 33.3 Å². The van der Waals surface area contributed by atoms with Crippen LogP contribution in [0.5, 0.6) is 0 Å². The summed E-state index contributed by atoms with van der Waals surface area (Å²) in [6.07, 6.45) is -1.84. The summed E-state index contributed by atoms with van der Waals surface area (Å²) in [4.78, 5) is 23.7. The molecule has 7 N–H and O–H groups in total. The lowest BCUT2D eigenvalue weighted by Crippen LogP contribution is -2.36. The average Bonchev–Trinajstić information content (AvgIpc) is 3.17. The molecule has 1 aromatic carbocycles. The number of aliphatic hydroxyl groups is 3. The van der Waals surface area contributed by atoms with Crippen molar-refractivity contribution in [3.05, 3.63) is 34.6 Å². The Morgan fingerprint density at radius 2 is 2.04 bits per heavy atom. The number of benzene rings is 1. The summed E-state index contributed by atoms with van der Waals surface area (Å²) in [5, 5.41) is 33.1. The Hall–Kier alpha value is -2.53. The van der Waals surface area contributed by atoms with Gasteiger partial charge in [0, 0.05) is 12.5 Å². The third-order valence-electron chi connectivity index (χ3n) is 4.80. The average molecular weight is 389 g/mol. The highest BCUT2D eigenvalue weighted by molar-refractivity contribution is 7.21. The highest BCUT2D eigenvalue weighted by Gasteiger charge is 2.41. The van der Waals surface area contributed by atoms with Crippen molar-refractivity contribution in [2.75, 3.05) is 17.7 Å². The Kier molecular flexibility index (Phi) is 4.56. The molecule has 2 heterocycles. The first-order valence-corrected chi connectivity index (χ1v) is 9.29. The number of thiazole rings is 1. The molecule has 27 heavy (non-hydrogen) atoms. The molecule has 0 amide bonds. The maximum Gasteiger partial charge on any atom is 0.264 e. The molecule has 9 nitrogen and oxygen atoms in total. The number of nitrogen functional groups attached to an aromatic ring is 1. The molecule has 0 bridgehead atoms. The van der Waals surface area contributed by atoms with Crippen molar-refractivity contribution in [1.82, 2.24) is 15.0 Å². The van der Waals surface area contributed by atoms with Crippen molar-refractivity contribution < 1.29 is 15.3 Å². The second-order valence-corrected chi connectivity index (χ2v) is 7.60. The topological polar surface area (TPSA) is 157 Å². The number of hydrogen-bond donors (Lipinski definition) is 6. The monoisotopic (exact) mass is 389 g/mol. The van der Waals surface area contributed by atoms with Crippen LogP contribution in [0.15, 0.2) is 29.1 Å². The number of hydrogen-bond acceptors (Lipinski definition) is 9. The predicted octanol–water partition coefficient (Wildman–Crippen LogP) is 0.143. The number of fused-ring (bicyclic) bond motifs is 1. The number of rotatable bonds is 4. The van der Waals surface area contributed by atoms with Crippen LogP contribution in [-0.2, 0) is 0 Å². The van der Waals surface area contributed by atoms with Crippen LogP contribution in [0.25, 0.3) is 20.8 Å². The molecule has 0 radical (unpaired) electrons. The maximum atomic E-state index is 12.6. The standard InChI is InChI=1S/C17H19N5O4S/c18-17-21-14(19-9-5-7(6-23)12(24)13(9)25)11(15(26)22-17)16-20-8-3-1-2-4-10(8)27-16/h1-4,7,9,12-13,23-25H,5-6H2,(H4,18,19,21,22,26). The van der Waals surface area contributed by atoms with E-state index in [9.17, 15) is 20.1 Å². The SMILES string of the molecule is Nc1nc(NC2CC(CO)C(O)C2O)c(-c2nc3ccccc3s2)c(=O)[nH]1. The zero-order valence-electron chi connectivity index (χ0n) is 14.2. The summed E-state index contributed by atoms with van der Waals surface area (Å²) in [6.45, 7) is -0.244. The van der Waals surface area contributed by atoms with Crippen molar-refractivity contribution in [1.29, 1.82) is 0 Å². The van der Waals surface area contributed by atoms with Gasteiger partial charge in [0.1, 0.15) is 22.5 Å². The van der Waals surface area contributed by atoms with Crippen LogP contribution in [-0.4, -0.2) is 55.1 Å². The number of para-hydroxylation sites is 1. The van der Waals surface area contributed by atoms with E-state index in [2.05, 4.69) is 20.3 Å². The number of H-pyrrole nitrogens is 1. The van der Waals surface area contributed by atoms with E-state index in [0.29, 0.717) is 11.4 Å². The summed E-state index contributed by atoms with van der Waals surface area (Å²) >= 11 is 1.35. The van der Waals surface area contributed by atoms with E-state index in [-0.39, 0.29) is 23.9 Å². The molecule has 0 aliphatic heterocycles. The summed E-state index contributed by atoms with van der Waals surface area (Å²) in [5.74, 6) is -0.341. The molecule has 1 saturated carbocycles. The van der Waals surface area contributed by atoms with E-state index >= 15 is 0 Å². The van der Waals surface area contributed by atoms with Crippen LogP contribution >= 0.6 is 11.3 Å². The quantitative estimate of drug-likeness (QED) is 0.368. The van der Waals surface area contributed by atoms with E-state index in [0.717, 1.165) is 10.2 Å². The van der Waals surface area contributed by atoms with Gasteiger partial charge in [0.2, 0.25) is 5.95 Å². The van der Waals surface area contributed by atoms with Gasteiger partial charge in [0.25, 0.3) is 5.56 Å². The Balaban J connectivity index is 1.76. The number of nitrogens with two attached hydrogens (primary N) is 1. The molecule has 4 rings (SSSR count). The van der Waals surface area contributed by atoms with Crippen LogP contribution < -0.4 is 16.6 Å². The minimum absolute atomic E-state index is 0.0703. The van der Waals surface area contributed by atoms with Crippen LogP contribution in [0.4, 0.5) is 11.8 Å². The molecule has 4 atom stereocenters. The Morgan fingerprint density at radius 1 is 1.26 bits per heavy atom. The molecule has 1 aliphatic carbocycles. The van der Waals surface area contributed by atoms with Gasteiger partial charge in [-0.05, 0) is 18.6 Å². The van der Waals surface area contributed by atoms with Gasteiger partial charge in [-0.15, -0.1) is 11.3 Å². The maximum absolute atomic E-state index is 12.6. The highest BCUT2D eigenvalue weighted by atomic mass is 32.1. The normalized spacial score (nSPS) is 25.1. The molecular formula is C17H19N5O4S.